The number of carboxylic acid groups (broad SMARTS) is 2. The normalized spacial score (nSPS) is 12.0. The molecule has 3 rings (SSSR count). The highest BCUT2D eigenvalue weighted by molar-refractivity contribution is 6.00. The Labute approximate surface area is 553 Å². The summed E-state index contributed by atoms with van der Waals surface area (Å²) in [5, 5.41) is 63.3. The summed E-state index contributed by atoms with van der Waals surface area (Å²) in [7, 11) is 0. The van der Waals surface area contributed by atoms with Crippen LogP contribution in [0.5, 0.6) is 5.75 Å². The summed E-state index contributed by atoms with van der Waals surface area (Å²) in [6, 6.07) is 12.3. The lowest BCUT2D eigenvalue weighted by Crippen LogP contribution is -2.54. The molecule has 4 atom stereocenters. The van der Waals surface area contributed by atoms with E-state index in [4.69, 9.17) is 31.2 Å². The molecule has 17 N–H and O–H groups in total. The molecule has 12 amide bonds. The van der Waals surface area contributed by atoms with Gasteiger partial charge < -0.3 is 89.4 Å². The third-order valence-electron chi connectivity index (χ3n) is 13.5. The number of non-ortho nitro benzene ring substituents is 1. The topological polar surface area (TPSA) is 517 Å². The second kappa shape index (κ2) is 45.3. The molecule has 33 nitrogen and oxygen atoms in total. The molecule has 0 aliphatic rings. The van der Waals surface area contributed by atoms with Crippen LogP contribution in [0.3, 0.4) is 0 Å². The van der Waals surface area contributed by atoms with E-state index in [2.05, 4.69) is 53.2 Å². The van der Waals surface area contributed by atoms with Gasteiger partial charge in [0.15, 0.2) is 0 Å². The standard InChI is InChI=1S/C35H45N7O12.C28H42N6O8/c1-22(2)31(41-29(44)8-4-3-5-19-37-28(43)17-18-30(45)46)33(48)40-27(7-6-20-38-34(36)49)32(47)39-24-11-9-23(10-12-24)21-53-35(50)54-26-15-13-25(14-16-26)42(51)52;1-18(2)25(34-23(37)8-4-3-5-15-30-22(36)13-14-24(38)39)27(41)33-21(7-6-16-31-28(29)42)26(40)32-20-11-9-19(17-35)10-12-20/h9-18,22,27,31H,3-8,19-21H2,1-2H3,(H,37,43)(H,39,47)(H,40,48)(H,41,44)(H,45,46)(H3,36,38,49);9-14,18,21,25,35H,3-8,15-17H2,1-2H3,(H,30,36)(H,32,40)(H,33,41)(H,34,37)(H,38,39)(H3,29,31,42)/b18-17-;14-13-/t27-,31-;21-,25-/m00/s1. The molecule has 0 aliphatic carbocycles. The van der Waals surface area contributed by atoms with E-state index in [1.165, 1.54) is 24.3 Å². The average molecular weight is 1350 g/mol. The number of nitrogens with one attached hydrogen (secondary N) is 10. The maximum Gasteiger partial charge on any atom is 0.514 e. The number of nitrogens with two attached hydrogens (primary N) is 2. The van der Waals surface area contributed by atoms with Crippen molar-refractivity contribution in [3.05, 3.63) is 118 Å². The van der Waals surface area contributed by atoms with Crippen molar-refractivity contribution >= 4 is 94.5 Å². The Morgan fingerprint density at radius 1 is 0.500 bits per heavy atom. The van der Waals surface area contributed by atoms with E-state index in [1.807, 2.05) is 0 Å². The number of anilines is 2. The van der Waals surface area contributed by atoms with Gasteiger partial charge in [0.05, 0.1) is 11.5 Å². The number of carbonyl (C=O) groups is 13. The fraction of sp³-hybridized carbons (Fsp3) is 0.444. The van der Waals surface area contributed by atoms with Gasteiger partial charge >= 0.3 is 30.2 Å². The minimum atomic E-state index is -1.24. The van der Waals surface area contributed by atoms with Gasteiger partial charge in [-0.15, -0.1) is 0 Å². The molecule has 3 aromatic carbocycles. The molecule has 0 saturated carbocycles. The van der Waals surface area contributed by atoms with Crippen LogP contribution in [0.2, 0.25) is 0 Å². The van der Waals surface area contributed by atoms with Crippen molar-refractivity contribution in [1.29, 1.82) is 0 Å². The van der Waals surface area contributed by atoms with Crippen LogP contribution in [0.25, 0.3) is 0 Å². The first-order valence-electron chi connectivity index (χ1n) is 30.7. The average Bonchev–Trinajstić information content (AvgIpc) is 1.12. The molecule has 0 aliphatic heterocycles. The Balaban J connectivity index is 0.000000675. The van der Waals surface area contributed by atoms with Crippen molar-refractivity contribution in [3.8, 4) is 5.75 Å². The number of nitro groups is 1. The molecular weight excluding hydrogens is 1260 g/mol. The van der Waals surface area contributed by atoms with Crippen molar-refractivity contribution in [3.63, 3.8) is 0 Å². The molecule has 0 spiro atoms. The lowest BCUT2D eigenvalue weighted by Gasteiger charge is -2.25. The van der Waals surface area contributed by atoms with Crippen LogP contribution in [-0.4, -0.2) is 148 Å². The van der Waals surface area contributed by atoms with E-state index in [1.54, 1.807) is 76.2 Å². The summed E-state index contributed by atoms with van der Waals surface area (Å²) >= 11 is 0. The highest BCUT2D eigenvalue weighted by Gasteiger charge is 2.31. The maximum atomic E-state index is 13.4. The Hall–Kier alpha value is -11.0. The van der Waals surface area contributed by atoms with Gasteiger partial charge in [0.1, 0.15) is 36.5 Å². The first-order chi connectivity index (χ1) is 45.6. The van der Waals surface area contributed by atoms with Gasteiger partial charge in [-0.3, -0.25) is 48.5 Å². The van der Waals surface area contributed by atoms with E-state index in [0.29, 0.717) is 80.5 Å². The first kappa shape index (κ1) is 81.1. The van der Waals surface area contributed by atoms with E-state index in [0.717, 1.165) is 24.3 Å². The van der Waals surface area contributed by atoms with Crippen LogP contribution in [0.4, 0.5) is 31.4 Å². The number of rotatable bonds is 41. The molecule has 0 bridgehead atoms. The number of hydrogen-bond acceptors (Lipinski definition) is 18. The van der Waals surface area contributed by atoms with Gasteiger partial charge in [-0.1, -0.05) is 64.8 Å². The number of aliphatic hydroxyl groups is 1. The molecule has 3 aromatic rings. The monoisotopic (exact) mass is 1350 g/mol. The molecular formula is C63H87N13O20. The van der Waals surface area contributed by atoms with Crippen LogP contribution in [0.15, 0.2) is 97.1 Å². The van der Waals surface area contributed by atoms with Crippen LogP contribution in [-0.2, 0) is 65.9 Å². The fourth-order valence-corrected chi connectivity index (χ4v) is 8.41. The number of nitro benzene ring substituents is 1. The van der Waals surface area contributed by atoms with Crippen LogP contribution >= 0.6 is 0 Å². The van der Waals surface area contributed by atoms with E-state index in [9.17, 15) is 77.5 Å². The number of nitrogens with zero attached hydrogens (tertiary/aromatic N) is 1. The van der Waals surface area contributed by atoms with Gasteiger partial charge in [0.25, 0.3) is 5.69 Å². The summed E-state index contributed by atoms with van der Waals surface area (Å²) in [4.78, 5) is 166. The highest BCUT2D eigenvalue weighted by atomic mass is 16.7. The van der Waals surface area contributed by atoms with Crippen molar-refractivity contribution in [1.82, 2.24) is 42.5 Å². The molecule has 96 heavy (non-hydrogen) atoms. The molecule has 524 valence electrons. The zero-order chi connectivity index (χ0) is 71.5. The Morgan fingerprint density at radius 3 is 1.26 bits per heavy atom. The van der Waals surface area contributed by atoms with Crippen molar-refractivity contribution < 1.29 is 92.0 Å². The van der Waals surface area contributed by atoms with Gasteiger partial charge in [0, 0.05) is 86.8 Å². The molecule has 0 aromatic heterocycles. The van der Waals surface area contributed by atoms with Gasteiger partial charge in [-0.2, -0.15) is 0 Å². The number of aliphatic hydroxyl groups excluding tert-OH is 1. The van der Waals surface area contributed by atoms with E-state index in [-0.39, 0.29) is 93.5 Å². The molecule has 0 saturated heterocycles. The Bertz CT molecular complexity index is 3140. The number of hydrogen-bond donors (Lipinski definition) is 15. The summed E-state index contributed by atoms with van der Waals surface area (Å²) in [6.45, 7) is 7.64. The highest BCUT2D eigenvalue weighted by Crippen LogP contribution is 2.19. The largest absolute Gasteiger partial charge is 0.514 e. The maximum absolute atomic E-state index is 13.4. The van der Waals surface area contributed by atoms with Crippen LogP contribution in [0, 0.1) is 22.0 Å². The molecule has 0 fully saturated rings. The van der Waals surface area contributed by atoms with E-state index >= 15 is 0 Å². The third kappa shape index (κ3) is 36.3. The van der Waals surface area contributed by atoms with E-state index < -0.39 is 94.7 Å². The summed E-state index contributed by atoms with van der Waals surface area (Å²) < 4.78 is 10.1. The third-order valence-corrected chi connectivity index (χ3v) is 13.5. The van der Waals surface area contributed by atoms with Crippen molar-refractivity contribution in [2.75, 3.05) is 36.8 Å². The van der Waals surface area contributed by atoms with Crippen LogP contribution < -0.4 is 69.4 Å². The number of primary amides is 2. The van der Waals surface area contributed by atoms with Gasteiger partial charge in [-0.05, 0) is 111 Å². The van der Waals surface area contributed by atoms with Crippen LogP contribution in [0.1, 0.15) is 116 Å². The van der Waals surface area contributed by atoms with Crippen molar-refractivity contribution in [2.24, 2.45) is 23.3 Å². The van der Waals surface area contributed by atoms with Crippen molar-refractivity contribution in [2.45, 2.75) is 142 Å². The number of benzene rings is 3. The minimum absolute atomic E-state index is 0.0561. The second-order valence-corrected chi connectivity index (χ2v) is 22.0. The number of ether oxygens (including phenoxy) is 2. The number of aliphatic carboxylic acids is 2. The molecule has 0 heterocycles. The predicted molar refractivity (Wildman–Crippen MR) is 348 cm³/mol. The Kier molecular flexibility index (Phi) is 38.3. The summed E-state index contributed by atoms with van der Waals surface area (Å²) in [6.07, 6.45) is 6.77. The molecule has 0 radical (unpaired) electrons. The van der Waals surface area contributed by atoms with Gasteiger partial charge in [-0.25, -0.2) is 24.0 Å². The SMILES string of the molecule is CC(C)[C@H](NC(=O)CCCCCNC(=O)/C=C\C(=O)O)C(=O)N[C@@H](CCCNC(N)=O)C(=O)Nc1ccc(CO)cc1.CC(C)[C@H](NC(=O)CCCCCNC(=O)/C=C\C(=O)O)C(=O)N[C@@H](CCCNC(N)=O)C(=O)Nc1ccc(COC(=O)Oc2ccc([N+](=O)[O-])cc2)cc1. The summed E-state index contributed by atoms with van der Waals surface area (Å²) in [5.41, 5.74) is 12.1. The zero-order valence-corrected chi connectivity index (χ0v) is 53.8. The first-order valence-corrected chi connectivity index (χ1v) is 30.7. The lowest BCUT2D eigenvalue weighted by atomic mass is 10.0. The molecule has 0 unspecified atom stereocenters. The smallest absolute Gasteiger partial charge is 0.478 e. The minimum Gasteiger partial charge on any atom is -0.478 e. The lowest BCUT2D eigenvalue weighted by molar-refractivity contribution is -0.384. The van der Waals surface area contributed by atoms with Gasteiger partial charge in [0.2, 0.25) is 47.3 Å². The number of unbranched alkanes of at least 4 members (excludes halogenated alkanes) is 4. The quantitative estimate of drug-likeness (QED) is 0.00969. The second-order valence-electron chi connectivity index (χ2n) is 22.0. The number of urea groups is 2. The number of amides is 12. The number of carboxylic acids is 2. The number of carbonyl (C=O) groups excluding carboxylic acids is 11. The Morgan fingerprint density at radius 2 is 0.896 bits per heavy atom. The fourth-order valence-electron chi connectivity index (χ4n) is 8.41. The predicted octanol–water partition coefficient (Wildman–Crippen LogP) is 3.15. The summed E-state index contributed by atoms with van der Waals surface area (Å²) in [5.74, 6) is -6.98. The zero-order valence-electron chi connectivity index (χ0n) is 53.8. The molecule has 33 heteroatoms.